The monoisotopic (exact) mass is 404 g/mol. The molecule has 1 heterocycles. The van der Waals surface area contributed by atoms with Gasteiger partial charge in [0.05, 0.1) is 0 Å². The molecule has 1 atom stereocenters. The van der Waals surface area contributed by atoms with Gasteiger partial charge in [-0.15, -0.1) is 12.3 Å². The number of nitrogens with one attached hydrogen (secondary N) is 2. The molecule has 0 bridgehead atoms. The lowest BCUT2D eigenvalue weighted by atomic mass is 10.0. The summed E-state index contributed by atoms with van der Waals surface area (Å²) in [6, 6.07) is 13.2. The molecule has 2 amide bonds. The number of carbonyl (C=O) groups excluding carboxylic acids is 2. The number of carbonyl (C=O) groups is 2. The molecule has 1 aliphatic heterocycles. The number of fused-ring (bicyclic) bond motifs is 1. The third kappa shape index (κ3) is 5.90. The van der Waals surface area contributed by atoms with E-state index >= 15 is 0 Å². The maximum Gasteiger partial charge on any atom is 0.246 e. The van der Waals surface area contributed by atoms with Crippen molar-refractivity contribution >= 4 is 28.3 Å². The van der Waals surface area contributed by atoms with Gasteiger partial charge in [0.15, 0.2) is 5.66 Å². The number of amides is 2. The molecular formula is C24H28N4O2. The first-order valence-electron chi connectivity index (χ1n) is 10.4. The van der Waals surface area contributed by atoms with Crippen molar-refractivity contribution < 1.29 is 9.59 Å². The van der Waals surface area contributed by atoms with Crippen LogP contribution in [0.3, 0.4) is 0 Å². The molecule has 0 spiro atoms. The Hall–Kier alpha value is -3.20. The van der Waals surface area contributed by atoms with Crippen LogP contribution in [-0.4, -0.2) is 23.5 Å². The lowest BCUT2D eigenvalue weighted by Gasteiger charge is -2.21. The predicted octanol–water partition coefficient (Wildman–Crippen LogP) is 4.66. The molecule has 0 aliphatic carbocycles. The van der Waals surface area contributed by atoms with Crippen LogP contribution in [0.5, 0.6) is 0 Å². The van der Waals surface area contributed by atoms with Crippen molar-refractivity contribution in [2.45, 2.75) is 57.7 Å². The fraction of sp³-hybridized carbons (Fsp3) is 0.417. The molecule has 0 saturated carbocycles. The van der Waals surface area contributed by atoms with Gasteiger partial charge in [0, 0.05) is 31.4 Å². The minimum atomic E-state index is -0.598. The van der Waals surface area contributed by atoms with E-state index in [4.69, 9.17) is 6.42 Å². The van der Waals surface area contributed by atoms with Crippen molar-refractivity contribution in [3.8, 4) is 12.3 Å². The average molecular weight is 405 g/mol. The highest BCUT2D eigenvalue weighted by molar-refractivity contribution is 5.99. The summed E-state index contributed by atoms with van der Waals surface area (Å²) in [5.74, 6) is 2.45. The molecule has 0 radical (unpaired) electrons. The predicted molar refractivity (Wildman–Crippen MR) is 119 cm³/mol. The van der Waals surface area contributed by atoms with Crippen LogP contribution in [0.2, 0.25) is 0 Å². The van der Waals surface area contributed by atoms with Crippen molar-refractivity contribution in [3.05, 3.63) is 42.5 Å². The maximum atomic E-state index is 12.9. The highest BCUT2D eigenvalue weighted by Crippen LogP contribution is 2.37. The largest absolute Gasteiger partial charge is 0.344 e. The molecule has 2 aromatic rings. The molecule has 6 heteroatoms. The van der Waals surface area contributed by atoms with Crippen LogP contribution in [-0.2, 0) is 9.59 Å². The Kier molecular flexibility index (Phi) is 6.83. The molecule has 2 N–H and O–H groups in total. The Balaban J connectivity index is 1.59. The van der Waals surface area contributed by atoms with E-state index in [0.29, 0.717) is 31.4 Å². The zero-order valence-corrected chi connectivity index (χ0v) is 17.5. The van der Waals surface area contributed by atoms with E-state index in [2.05, 4.69) is 26.8 Å². The van der Waals surface area contributed by atoms with Crippen LogP contribution >= 0.6 is 0 Å². The smallest absolute Gasteiger partial charge is 0.246 e. The topological polar surface area (TPSA) is 82.9 Å². The highest BCUT2D eigenvalue weighted by Gasteiger charge is 2.39. The summed E-state index contributed by atoms with van der Waals surface area (Å²) in [4.78, 5) is 25.4. The quantitative estimate of drug-likeness (QED) is 0.564. The van der Waals surface area contributed by atoms with Gasteiger partial charge in [0.1, 0.15) is 6.04 Å². The lowest BCUT2D eigenvalue weighted by Crippen LogP contribution is -2.44. The number of terminal acetylenes is 1. The van der Waals surface area contributed by atoms with Gasteiger partial charge >= 0.3 is 0 Å². The fourth-order valence-electron chi connectivity index (χ4n) is 3.45. The van der Waals surface area contributed by atoms with E-state index in [9.17, 15) is 9.59 Å². The van der Waals surface area contributed by atoms with Gasteiger partial charge in [-0.25, -0.2) is 0 Å². The first-order valence-corrected chi connectivity index (χ1v) is 10.4. The third-order valence-electron chi connectivity index (χ3n) is 5.18. The van der Waals surface area contributed by atoms with Gasteiger partial charge in [0.25, 0.3) is 0 Å². The van der Waals surface area contributed by atoms with Gasteiger partial charge in [-0.3, -0.25) is 9.59 Å². The Morgan fingerprint density at radius 3 is 2.50 bits per heavy atom. The molecule has 0 fully saturated rings. The Labute approximate surface area is 177 Å². The number of nitrogens with zero attached hydrogens (tertiary/aromatic N) is 2. The normalized spacial score (nSPS) is 14.9. The zero-order chi connectivity index (χ0) is 21.6. The molecule has 1 aliphatic rings. The number of benzene rings is 2. The van der Waals surface area contributed by atoms with Crippen molar-refractivity contribution in [1.82, 2.24) is 5.32 Å². The number of hydrogen-bond donors (Lipinski definition) is 2. The molecular weight excluding hydrogens is 376 g/mol. The van der Waals surface area contributed by atoms with E-state index in [1.165, 1.54) is 0 Å². The van der Waals surface area contributed by atoms with Gasteiger partial charge in [-0.05, 0) is 35.2 Å². The third-order valence-corrected chi connectivity index (χ3v) is 5.18. The summed E-state index contributed by atoms with van der Waals surface area (Å²) in [6.45, 7) is 4.05. The molecule has 0 aromatic heterocycles. The molecule has 3 rings (SSSR count). The molecule has 156 valence electrons. The molecule has 0 saturated heterocycles. The number of rotatable bonds is 10. The van der Waals surface area contributed by atoms with Crippen LogP contribution in [0.4, 0.5) is 5.69 Å². The van der Waals surface area contributed by atoms with Crippen molar-refractivity contribution in [2.75, 3.05) is 5.32 Å². The molecule has 6 nitrogen and oxygen atoms in total. The highest BCUT2D eigenvalue weighted by atomic mass is 16.2. The van der Waals surface area contributed by atoms with Gasteiger partial charge in [0.2, 0.25) is 11.8 Å². The standard InChI is InChI=1S/C24H28N4O2/c1-4-5-13-24(27-28-24)14-12-22(29)26-21(15-17(2)3)23(30)25-20-11-10-18-8-6-7-9-19(18)16-20/h1,6-11,16-17,21H,5,12-15H2,2-3H3,(H,25,30)(H,26,29). The summed E-state index contributed by atoms with van der Waals surface area (Å²) in [6.07, 6.45) is 7.88. The average Bonchev–Trinajstić information content (AvgIpc) is 3.50. The van der Waals surface area contributed by atoms with Crippen molar-refractivity contribution in [2.24, 2.45) is 16.1 Å². The molecule has 30 heavy (non-hydrogen) atoms. The summed E-state index contributed by atoms with van der Waals surface area (Å²) in [5, 5.41) is 16.1. The van der Waals surface area contributed by atoms with E-state index in [1.54, 1.807) is 0 Å². The van der Waals surface area contributed by atoms with Crippen molar-refractivity contribution in [1.29, 1.82) is 0 Å². The van der Waals surface area contributed by atoms with Crippen LogP contribution in [0.15, 0.2) is 52.7 Å². The zero-order valence-electron chi connectivity index (χ0n) is 17.5. The summed E-state index contributed by atoms with van der Waals surface area (Å²) < 4.78 is 0. The van der Waals surface area contributed by atoms with E-state index in [0.717, 1.165) is 10.8 Å². The summed E-state index contributed by atoms with van der Waals surface area (Å²) in [5.41, 5.74) is 0.218. The van der Waals surface area contributed by atoms with Crippen LogP contribution in [0, 0.1) is 18.3 Å². The summed E-state index contributed by atoms with van der Waals surface area (Å²) in [7, 11) is 0. The van der Waals surface area contributed by atoms with Gasteiger partial charge in [-0.2, -0.15) is 10.2 Å². The SMILES string of the molecule is C#CCCC1(CCC(=O)NC(CC(C)C)C(=O)Nc2ccc3ccccc3c2)N=N1. The van der Waals surface area contributed by atoms with Gasteiger partial charge < -0.3 is 10.6 Å². The Bertz CT molecular complexity index is 984. The van der Waals surface area contributed by atoms with E-state index < -0.39 is 11.7 Å². The van der Waals surface area contributed by atoms with Gasteiger partial charge in [-0.1, -0.05) is 44.2 Å². The second-order valence-corrected chi connectivity index (χ2v) is 8.19. The molecule has 2 aromatic carbocycles. The lowest BCUT2D eigenvalue weighted by molar-refractivity contribution is -0.127. The second-order valence-electron chi connectivity index (χ2n) is 8.19. The second kappa shape index (κ2) is 9.53. The first kappa shape index (κ1) is 21.5. The van der Waals surface area contributed by atoms with Crippen LogP contribution < -0.4 is 10.6 Å². The minimum absolute atomic E-state index is 0.174. The Morgan fingerprint density at radius 1 is 1.10 bits per heavy atom. The Morgan fingerprint density at radius 2 is 1.83 bits per heavy atom. The molecule has 1 unspecified atom stereocenters. The number of anilines is 1. The van der Waals surface area contributed by atoms with Crippen LogP contribution in [0.1, 0.15) is 46.0 Å². The first-order chi connectivity index (χ1) is 14.4. The van der Waals surface area contributed by atoms with E-state index in [1.807, 2.05) is 56.3 Å². The fourth-order valence-corrected chi connectivity index (χ4v) is 3.45. The summed E-state index contributed by atoms with van der Waals surface area (Å²) >= 11 is 0. The maximum absolute atomic E-state index is 12.9. The van der Waals surface area contributed by atoms with Crippen molar-refractivity contribution in [3.63, 3.8) is 0 Å². The van der Waals surface area contributed by atoms with E-state index in [-0.39, 0.29) is 24.2 Å². The van der Waals surface area contributed by atoms with Crippen LogP contribution in [0.25, 0.3) is 10.8 Å². The minimum Gasteiger partial charge on any atom is -0.344 e. The number of hydrogen-bond acceptors (Lipinski definition) is 4.